The molecule has 102 valence electrons. The smallest absolute Gasteiger partial charge is 0.317 e. The quantitative estimate of drug-likeness (QED) is 0.839. The van der Waals surface area contributed by atoms with Crippen LogP contribution in [0.1, 0.15) is 12.0 Å². The molecule has 1 fully saturated rings. The molecule has 0 saturated carbocycles. The molecule has 2 rings (SSSR count). The van der Waals surface area contributed by atoms with Crippen molar-refractivity contribution in [2.75, 3.05) is 19.6 Å². The van der Waals surface area contributed by atoms with Gasteiger partial charge in [-0.05, 0) is 30.5 Å². The molecule has 19 heavy (non-hydrogen) atoms. The Labute approximate surface area is 111 Å². The van der Waals surface area contributed by atoms with Gasteiger partial charge in [-0.3, -0.25) is 9.78 Å². The molecule has 1 aromatic heterocycles. The van der Waals surface area contributed by atoms with Crippen molar-refractivity contribution in [1.82, 2.24) is 15.2 Å². The number of carbonyl (C=O) groups is 2. The Morgan fingerprint density at radius 2 is 2.16 bits per heavy atom. The molecule has 6 heteroatoms. The summed E-state index contributed by atoms with van der Waals surface area (Å²) >= 11 is 0. The number of pyridine rings is 1. The summed E-state index contributed by atoms with van der Waals surface area (Å²) in [5.74, 6) is -1.25. The summed E-state index contributed by atoms with van der Waals surface area (Å²) in [4.78, 5) is 28.1. The van der Waals surface area contributed by atoms with Crippen LogP contribution in [-0.2, 0) is 11.2 Å². The SMILES string of the molecule is O=C(O)C1CCN(C(=O)NCCc2ccncc2)C1. The Morgan fingerprint density at radius 1 is 1.42 bits per heavy atom. The zero-order valence-corrected chi connectivity index (χ0v) is 10.6. The van der Waals surface area contributed by atoms with Crippen LogP contribution >= 0.6 is 0 Å². The van der Waals surface area contributed by atoms with E-state index in [2.05, 4.69) is 10.3 Å². The Bertz CT molecular complexity index is 450. The summed E-state index contributed by atoms with van der Waals surface area (Å²) in [7, 11) is 0. The van der Waals surface area contributed by atoms with E-state index in [0.717, 1.165) is 12.0 Å². The zero-order valence-electron chi connectivity index (χ0n) is 10.6. The highest BCUT2D eigenvalue weighted by molar-refractivity contribution is 5.77. The minimum absolute atomic E-state index is 0.183. The summed E-state index contributed by atoms with van der Waals surface area (Å²) in [6.45, 7) is 1.35. The second kappa shape index (κ2) is 6.17. The van der Waals surface area contributed by atoms with E-state index in [9.17, 15) is 9.59 Å². The Kier molecular flexibility index (Phi) is 4.33. The Hall–Kier alpha value is -2.11. The van der Waals surface area contributed by atoms with E-state index >= 15 is 0 Å². The van der Waals surface area contributed by atoms with Crippen LogP contribution < -0.4 is 5.32 Å². The van der Waals surface area contributed by atoms with Gasteiger partial charge >= 0.3 is 12.0 Å². The van der Waals surface area contributed by atoms with Crippen molar-refractivity contribution in [3.8, 4) is 0 Å². The lowest BCUT2D eigenvalue weighted by atomic mass is 10.1. The van der Waals surface area contributed by atoms with E-state index in [0.29, 0.717) is 26.1 Å². The monoisotopic (exact) mass is 263 g/mol. The van der Waals surface area contributed by atoms with Crippen LogP contribution in [0.3, 0.4) is 0 Å². The minimum atomic E-state index is -0.827. The van der Waals surface area contributed by atoms with Gasteiger partial charge in [0, 0.05) is 32.0 Å². The average molecular weight is 263 g/mol. The average Bonchev–Trinajstić information content (AvgIpc) is 2.89. The molecule has 1 aliphatic rings. The number of hydrogen-bond acceptors (Lipinski definition) is 3. The van der Waals surface area contributed by atoms with Gasteiger partial charge in [-0.15, -0.1) is 0 Å². The van der Waals surface area contributed by atoms with Gasteiger partial charge in [0.15, 0.2) is 0 Å². The van der Waals surface area contributed by atoms with Crippen LogP contribution in [-0.4, -0.2) is 46.6 Å². The van der Waals surface area contributed by atoms with Gasteiger partial charge in [0.2, 0.25) is 0 Å². The second-order valence-electron chi connectivity index (χ2n) is 4.61. The number of urea groups is 1. The number of carbonyl (C=O) groups excluding carboxylic acids is 1. The molecule has 2 amide bonds. The van der Waals surface area contributed by atoms with Gasteiger partial charge in [0.1, 0.15) is 0 Å². The number of carboxylic acid groups (broad SMARTS) is 1. The third-order valence-corrected chi connectivity index (χ3v) is 3.26. The third kappa shape index (κ3) is 3.67. The molecule has 1 saturated heterocycles. The molecule has 0 aromatic carbocycles. The maximum absolute atomic E-state index is 11.8. The van der Waals surface area contributed by atoms with Gasteiger partial charge in [-0.1, -0.05) is 0 Å². The van der Waals surface area contributed by atoms with Crippen molar-refractivity contribution in [3.63, 3.8) is 0 Å². The first kappa shape index (κ1) is 13.3. The molecular formula is C13H17N3O3. The molecule has 0 spiro atoms. The normalized spacial score (nSPS) is 18.3. The molecule has 2 N–H and O–H groups in total. The molecule has 0 aliphatic carbocycles. The maximum Gasteiger partial charge on any atom is 0.317 e. The lowest BCUT2D eigenvalue weighted by molar-refractivity contribution is -0.141. The Morgan fingerprint density at radius 3 is 2.79 bits per heavy atom. The van der Waals surface area contributed by atoms with Gasteiger partial charge in [0.25, 0.3) is 0 Å². The molecular weight excluding hydrogens is 246 g/mol. The second-order valence-corrected chi connectivity index (χ2v) is 4.61. The van der Waals surface area contributed by atoms with E-state index < -0.39 is 11.9 Å². The van der Waals surface area contributed by atoms with Gasteiger partial charge < -0.3 is 15.3 Å². The summed E-state index contributed by atoms with van der Waals surface area (Å²) in [6, 6.07) is 3.63. The minimum Gasteiger partial charge on any atom is -0.481 e. The fourth-order valence-electron chi connectivity index (χ4n) is 2.12. The number of nitrogens with zero attached hydrogens (tertiary/aromatic N) is 2. The number of aromatic nitrogens is 1. The lowest BCUT2D eigenvalue weighted by Gasteiger charge is -2.16. The van der Waals surface area contributed by atoms with Crippen molar-refractivity contribution in [1.29, 1.82) is 0 Å². The number of carboxylic acids is 1. The van der Waals surface area contributed by atoms with E-state index in [1.165, 1.54) is 0 Å². The summed E-state index contributed by atoms with van der Waals surface area (Å²) < 4.78 is 0. The fraction of sp³-hybridized carbons (Fsp3) is 0.462. The van der Waals surface area contributed by atoms with Crippen molar-refractivity contribution in [2.24, 2.45) is 5.92 Å². The van der Waals surface area contributed by atoms with Gasteiger partial charge in [0.05, 0.1) is 5.92 Å². The largest absolute Gasteiger partial charge is 0.481 e. The van der Waals surface area contributed by atoms with Gasteiger partial charge in [-0.25, -0.2) is 4.79 Å². The van der Waals surface area contributed by atoms with Crippen LogP contribution in [0.5, 0.6) is 0 Å². The highest BCUT2D eigenvalue weighted by atomic mass is 16.4. The predicted molar refractivity (Wildman–Crippen MR) is 68.7 cm³/mol. The standard InChI is InChI=1S/C13H17N3O3/c17-12(18)11-4-8-16(9-11)13(19)15-7-3-10-1-5-14-6-2-10/h1-2,5-6,11H,3-4,7-9H2,(H,15,19)(H,17,18). The van der Waals surface area contributed by atoms with Crippen molar-refractivity contribution in [2.45, 2.75) is 12.8 Å². The van der Waals surface area contributed by atoms with Crippen molar-refractivity contribution >= 4 is 12.0 Å². The van der Waals surface area contributed by atoms with Crippen LogP contribution in [0.25, 0.3) is 0 Å². The van der Waals surface area contributed by atoms with Gasteiger partial charge in [-0.2, -0.15) is 0 Å². The molecule has 0 radical (unpaired) electrons. The van der Waals surface area contributed by atoms with Crippen molar-refractivity contribution < 1.29 is 14.7 Å². The van der Waals surface area contributed by atoms with Crippen LogP contribution in [0.15, 0.2) is 24.5 Å². The zero-order chi connectivity index (χ0) is 13.7. The molecule has 6 nitrogen and oxygen atoms in total. The molecule has 1 unspecified atom stereocenters. The Balaban J connectivity index is 1.72. The number of aliphatic carboxylic acids is 1. The summed E-state index contributed by atoms with van der Waals surface area (Å²) in [5, 5.41) is 11.7. The number of amides is 2. The molecule has 1 aliphatic heterocycles. The number of likely N-dealkylation sites (tertiary alicyclic amines) is 1. The van der Waals surface area contributed by atoms with E-state index in [4.69, 9.17) is 5.11 Å². The first-order valence-electron chi connectivity index (χ1n) is 6.31. The highest BCUT2D eigenvalue weighted by Gasteiger charge is 2.30. The van der Waals surface area contributed by atoms with E-state index in [1.54, 1.807) is 17.3 Å². The molecule has 1 atom stereocenters. The fourth-order valence-corrected chi connectivity index (χ4v) is 2.12. The van der Waals surface area contributed by atoms with E-state index in [-0.39, 0.29) is 6.03 Å². The first-order valence-corrected chi connectivity index (χ1v) is 6.31. The van der Waals surface area contributed by atoms with Crippen molar-refractivity contribution in [3.05, 3.63) is 30.1 Å². The summed E-state index contributed by atoms with van der Waals surface area (Å²) in [6.07, 6.45) is 4.71. The number of rotatable bonds is 4. The first-order chi connectivity index (χ1) is 9.16. The topological polar surface area (TPSA) is 82.5 Å². The summed E-state index contributed by atoms with van der Waals surface area (Å²) in [5.41, 5.74) is 1.11. The highest BCUT2D eigenvalue weighted by Crippen LogP contribution is 2.15. The number of nitrogens with one attached hydrogen (secondary N) is 1. The van der Waals surface area contributed by atoms with Crippen LogP contribution in [0, 0.1) is 5.92 Å². The molecule has 0 bridgehead atoms. The number of hydrogen-bond donors (Lipinski definition) is 2. The third-order valence-electron chi connectivity index (χ3n) is 3.26. The maximum atomic E-state index is 11.8. The van der Waals surface area contributed by atoms with E-state index in [1.807, 2.05) is 12.1 Å². The molecule has 2 heterocycles. The van der Waals surface area contributed by atoms with Crippen LogP contribution in [0.2, 0.25) is 0 Å². The predicted octanol–water partition coefficient (Wildman–Crippen LogP) is 0.740. The van der Waals surface area contributed by atoms with Crippen LogP contribution in [0.4, 0.5) is 4.79 Å². The lowest BCUT2D eigenvalue weighted by Crippen LogP contribution is -2.39. The molecule has 1 aromatic rings.